The van der Waals surface area contributed by atoms with Crippen molar-refractivity contribution >= 4 is 23.2 Å². The van der Waals surface area contributed by atoms with Crippen LogP contribution in [-0.4, -0.2) is 33.0 Å². The van der Waals surface area contributed by atoms with E-state index in [0.717, 1.165) is 12.5 Å². The molecule has 0 bridgehead atoms. The summed E-state index contributed by atoms with van der Waals surface area (Å²) in [6, 6.07) is 6.87. The Bertz CT molecular complexity index is 1100. The molecule has 3 heterocycles. The summed E-state index contributed by atoms with van der Waals surface area (Å²) in [5.41, 5.74) is 3.05. The Morgan fingerprint density at radius 1 is 1.12 bits per heavy atom. The van der Waals surface area contributed by atoms with Crippen LogP contribution in [0.15, 0.2) is 36.7 Å². The van der Waals surface area contributed by atoms with E-state index in [4.69, 9.17) is 4.74 Å². The fraction of sp³-hybridized carbons (Fsp3) is 0.318. The number of pyridine rings is 2. The molecule has 0 aliphatic heterocycles. The van der Waals surface area contributed by atoms with Gasteiger partial charge in [0.25, 0.3) is 0 Å². The lowest BCUT2D eigenvalue weighted by molar-refractivity contribution is -0.114. The van der Waals surface area contributed by atoms with Crippen molar-refractivity contribution in [1.82, 2.24) is 19.9 Å². The molecule has 10 heteroatoms. The number of anilines is 3. The maximum Gasteiger partial charge on any atom is 0.303 e. The quantitative estimate of drug-likeness (QED) is 0.531. The van der Waals surface area contributed by atoms with Crippen LogP contribution in [0.5, 0.6) is 0 Å². The first-order valence-electron chi connectivity index (χ1n) is 9.94. The molecule has 32 heavy (non-hydrogen) atoms. The van der Waals surface area contributed by atoms with Gasteiger partial charge in [0, 0.05) is 56.7 Å². The van der Waals surface area contributed by atoms with Crippen molar-refractivity contribution in [2.24, 2.45) is 0 Å². The molecular weight excluding hydrogens is 418 g/mol. The lowest BCUT2D eigenvalue weighted by Gasteiger charge is -2.16. The predicted molar refractivity (Wildman–Crippen MR) is 117 cm³/mol. The molecule has 0 fully saturated rings. The SMILES string of the molecule is CCc1cc(Nc2cc(NC(C)=O)ncc2-c2ccc(COC)cn2)nc(C(C)(F)F)n1. The molecular formula is C22H24F2N6O2. The Hall–Kier alpha value is -3.53. The number of hydrogen-bond donors (Lipinski definition) is 2. The topological polar surface area (TPSA) is 102 Å². The second-order valence-corrected chi connectivity index (χ2v) is 7.22. The zero-order valence-electron chi connectivity index (χ0n) is 18.2. The summed E-state index contributed by atoms with van der Waals surface area (Å²) in [6.45, 7) is 4.37. The fourth-order valence-corrected chi connectivity index (χ4v) is 2.92. The number of carbonyl (C=O) groups is 1. The Morgan fingerprint density at radius 3 is 2.50 bits per heavy atom. The molecule has 3 aromatic heterocycles. The van der Waals surface area contributed by atoms with E-state index < -0.39 is 11.7 Å². The number of aromatic nitrogens is 4. The maximum atomic E-state index is 13.9. The first kappa shape index (κ1) is 23.1. The van der Waals surface area contributed by atoms with Crippen molar-refractivity contribution < 1.29 is 18.3 Å². The highest BCUT2D eigenvalue weighted by Crippen LogP contribution is 2.32. The van der Waals surface area contributed by atoms with E-state index >= 15 is 0 Å². The van der Waals surface area contributed by atoms with E-state index in [0.29, 0.717) is 41.5 Å². The fourth-order valence-electron chi connectivity index (χ4n) is 2.92. The van der Waals surface area contributed by atoms with E-state index in [1.807, 2.05) is 13.0 Å². The largest absolute Gasteiger partial charge is 0.380 e. The smallest absolute Gasteiger partial charge is 0.303 e. The molecule has 8 nitrogen and oxygen atoms in total. The van der Waals surface area contributed by atoms with E-state index in [2.05, 4.69) is 30.6 Å². The number of nitrogens with zero attached hydrogens (tertiary/aromatic N) is 4. The lowest BCUT2D eigenvalue weighted by atomic mass is 10.1. The summed E-state index contributed by atoms with van der Waals surface area (Å²) in [5, 5.41) is 5.69. The van der Waals surface area contributed by atoms with Crippen molar-refractivity contribution in [3.8, 4) is 11.3 Å². The summed E-state index contributed by atoms with van der Waals surface area (Å²) in [5.74, 6) is -3.56. The van der Waals surface area contributed by atoms with Gasteiger partial charge in [-0.1, -0.05) is 13.0 Å². The van der Waals surface area contributed by atoms with E-state index in [-0.39, 0.29) is 11.7 Å². The molecule has 3 aromatic rings. The van der Waals surface area contributed by atoms with Crippen LogP contribution in [-0.2, 0) is 28.5 Å². The van der Waals surface area contributed by atoms with Gasteiger partial charge in [-0.15, -0.1) is 0 Å². The third-order valence-electron chi connectivity index (χ3n) is 4.42. The predicted octanol–water partition coefficient (Wildman–Crippen LogP) is 4.46. The third kappa shape index (κ3) is 5.79. The molecule has 0 radical (unpaired) electrons. The summed E-state index contributed by atoms with van der Waals surface area (Å²) < 4.78 is 32.9. The van der Waals surface area contributed by atoms with Crippen LogP contribution in [0.4, 0.5) is 26.1 Å². The van der Waals surface area contributed by atoms with Gasteiger partial charge in [-0.2, -0.15) is 8.78 Å². The van der Waals surface area contributed by atoms with Crippen LogP contribution in [0.2, 0.25) is 0 Å². The van der Waals surface area contributed by atoms with Crippen molar-refractivity contribution in [3.63, 3.8) is 0 Å². The van der Waals surface area contributed by atoms with Gasteiger partial charge in [0.1, 0.15) is 11.6 Å². The van der Waals surface area contributed by atoms with Gasteiger partial charge in [-0.3, -0.25) is 9.78 Å². The van der Waals surface area contributed by atoms with Gasteiger partial charge in [0.15, 0.2) is 0 Å². The second-order valence-electron chi connectivity index (χ2n) is 7.22. The van der Waals surface area contributed by atoms with Crippen LogP contribution < -0.4 is 10.6 Å². The van der Waals surface area contributed by atoms with Crippen LogP contribution in [0.25, 0.3) is 11.3 Å². The Morgan fingerprint density at radius 2 is 1.91 bits per heavy atom. The normalized spacial score (nSPS) is 11.3. The minimum absolute atomic E-state index is 0.200. The van der Waals surface area contributed by atoms with Gasteiger partial charge in [-0.25, -0.2) is 15.0 Å². The molecule has 0 unspecified atom stereocenters. The number of hydrogen-bond acceptors (Lipinski definition) is 7. The maximum absolute atomic E-state index is 13.9. The van der Waals surface area contributed by atoms with Gasteiger partial charge < -0.3 is 15.4 Å². The van der Waals surface area contributed by atoms with Crippen molar-refractivity contribution in [3.05, 3.63) is 53.7 Å². The summed E-state index contributed by atoms with van der Waals surface area (Å²) in [7, 11) is 1.60. The average Bonchev–Trinajstić information content (AvgIpc) is 2.73. The Balaban J connectivity index is 2.06. The van der Waals surface area contributed by atoms with Crippen molar-refractivity contribution in [2.75, 3.05) is 17.7 Å². The van der Waals surface area contributed by atoms with E-state index in [9.17, 15) is 13.6 Å². The van der Waals surface area contributed by atoms with Crippen LogP contribution in [0.1, 0.15) is 37.9 Å². The highest BCUT2D eigenvalue weighted by atomic mass is 19.3. The molecule has 0 aliphatic carbocycles. The molecule has 0 saturated carbocycles. The Labute approximate surface area is 184 Å². The number of carbonyl (C=O) groups excluding carboxylic acids is 1. The molecule has 3 rings (SSSR count). The molecule has 1 amide bonds. The molecule has 0 spiro atoms. The number of alkyl halides is 2. The van der Waals surface area contributed by atoms with E-state index in [1.165, 1.54) is 6.92 Å². The number of amides is 1. The zero-order valence-corrected chi connectivity index (χ0v) is 18.2. The first-order valence-corrected chi connectivity index (χ1v) is 9.94. The van der Waals surface area contributed by atoms with Crippen LogP contribution in [0.3, 0.4) is 0 Å². The first-order chi connectivity index (χ1) is 15.2. The van der Waals surface area contributed by atoms with E-state index in [1.54, 1.807) is 37.7 Å². The molecule has 0 saturated heterocycles. The molecule has 2 N–H and O–H groups in total. The summed E-state index contributed by atoms with van der Waals surface area (Å²) >= 11 is 0. The molecule has 0 aromatic carbocycles. The number of rotatable bonds is 8. The lowest BCUT2D eigenvalue weighted by Crippen LogP contribution is -2.15. The van der Waals surface area contributed by atoms with Crippen LogP contribution >= 0.6 is 0 Å². The summed E-state index contributed by atoms with van der Waals surface area (Å²) in [6.07, 6.45) is 3.69. The number of ether oxygens (including phenoxy) is 1. The van der Waals surface area contributed by atoms with Gasteiger partial charge in [-0.05, 0) is 18.1 Å². The number of aryl methyl sites for hydroxylation is 1. The third-order valence-corrected chi connectivity index (χ3v) is 4.42. The second kappa shape index (κ2) is 9.73. The minimum atomic E-state index is -3.19. The molecule has 0 atom stereocenters. The highest BCUT2D eigenvalue weighted by Gasteiger charge is 2.29. The number of nitrogens with one attached hydrogen (secondary N) is 2. The average molecular weight is 442 g/mol. The van der Waals surface area contributed by atoms with Gasteiger partial charge in [0.05, 0.1) is 18.0 Å². The number of halogens is 2. The molecule has 0 aliphatic rings. The van der Waals surface area contributed by atoms with Gasteiger partial charge in [0.2, 0.25) is 11.7 Å². The highest BCUT2D eigenvalue weighted by molar-refractivity contribution is 5.89. The van der Waals surface area contributed by atoms with Gasteiger partial charge >= 0.3 is 5.92 Å². The monoisotopic (exact) mass is 442 g/mol. The summed E-state index contributed by atoms with van der Waals surface area (Å²) in [4.78, 5) is 28.1. The standard InChI is InChI=1S/C22H24F2N6O2/c1-5-15-8-20(30-21(28-15)22(3,23)24)29-18-9-19(27-13(2)31)26-11-16(18)17-7-6-14(10-25-17)12-32-4/h6-11H,5,12H2,1-4H3,(H2,26,27,28,29,30,31). The minimum Gasteiger partial charge on any atom is -0.380 e. The van der Waals surface area contributed by atoms with Crippen molar-refractivity contribution in [2.45, 2.75) is 39.7 Å². The van der Waals surface area contributed by atoms with Crippen LogP contribution in [0, 0.1) is 0 Å². The number of methoxy groups -OCH3 is 1. The molecule has 168 valence electrons. The van der Waals surface area contributed by atoms with Crippen molar-refractivity contribution in [1.29, 1.82) is 0 Å². The Kier molecular flexibility index (Phi) is 7.04. The zero-order chi connectivity index (χ0) is 23.3.